The van der Waals surface area contributed by atoms with Crippen LogP contribution in [0.4, 0.5) is 5.82 Å². The average Bonchev–Trinajstić information content (AvgIpc) is 2.82. The standard InChI is InChI=1S/C12H21N3/c1-13-10-5-7-11(8-6-10)15(2)12-4-3-9-14-12/h3-4,9-11,13-14H,5-8H2,1-2H3. The Kier molecular flexibility index (Phi) is 3.31. The predicted molar refractivity (Wildman–Crippen MR) is 64.3 cm³/mol. The number of nitrogens with one attached hydrogen (secondary N) is 2. The predicted octanol–water partition coefficient (Wildman–Crippen LogP) is 1.98. The van der Waals surface area contributed by atoms with E-state index in [2.05, 4.69) is 41.4 Å². The number of anilines is 1. The van der Waals surface area contributed by atoms with Crippen molar-refractivity contribution in [2.75, 3.05) is 19.0 Å². The van der Waals surface area contributed by atoms with Crippen LogP contribution in [0.5, 0.6) is 0 Å². The molecular formula is C12H21N3. The van der Waals surface area contributed by atoms with Gasteiger partial charge in [-0.1, -0.05) is 0 Å². The van der Waals surface area contributed by atoms with E-state index in [0.717, 1.165) is 6.04 Å². The van der Waals surface area contributed by atoms with Gasteiger partial charge in [0.15, 0.2) is 0 Å². The largest absolute Gasteiger partial charge is 0.358 e. The first-order chi connectivity index (χ1) is 7.31. The first kappa shape index (κ1) is 10.6. The highest BCUT2D eigenvalue weighted by Gasteiger charge is 2.23. The fourth-order valence-electron chi connectivity index (χ4n) is 2.49. The Bertz CT molecular complexity index is 273. The van der Waals surface area contributed by atoms with E-state index in [0.29, 0.717) is 6.04 Å². The van der Waals surface area contributed by atoms with Gasteiger partial charge in [-0.2, -0.15) is 0 Å². The lowest BCUT2D eigenvalue weighted by Crippen LogP contribution is -2.39. The molecule has 0 aromatic carbocycles. The highest BCUT2D eigenvalue weighted by Crippen LogP contribution is 2.25. The Morgan fingerprint density at radius 1 is 1.33 bits per heavy atom. The fraction of sp³-hybridized carbons (Fsp3) is 0.667. The van der Waals surface area contributed by atoms with Crippen molar-refractivity contribution in [1.29, 1.82) is 0 Å². The van der Waals surface area contributed by atoms with Crippen LogP contribution in [-0.4, -0.2) is 31.2 Å². The highest BCUT2D eigenvalue weighted by molar-refractivity contribution is 5.38. The average molecular weight is 207 g/mol. The minimum Gasteiger partial charge on any atom is -0.358 e. The maximum atomic E-state index is 3.37. The minimum atomic E-state index is 0.702. The van der Waals surface area contributed by atoms with Gasteiger partial charge in [0.2, 0.25) is 0 Å². The van der Waals surface area contributed by atoms with E-state index in [9.17, 15) is 0 Å². The molecule has 3 nitrogen and oxygen atoms in total. The molecule has 0 radical (unpaired) electrons. The van der Waals surface area contributed by atoms with Gasteiger partial charge < -0.3 is 15.2 Å². The van der Waals surface area contributed by atoms with Crippen molar-refractivity contribution in [3.8, 4) is 0 Å². The lowest BCUT2D eigenvalue weighted by atomic mass is 9.90. The van der Waals surface area contributed by atoms with Crippen LogP contribution >= 0.6 is 0 Å². The molecule has 0 atom stereocenters. The molecule has 0 amide bonds. The number of aromatic amines is 1. The van der Waals surface area contributed by atoms with Gasteiger partial charge in [-0.25, -0.2) is 0 Å². The zero-order valence-electron chi connectivity index (χ0n) is 9.66. The lowest BCUT2D eigenvalue weighted by molar-refractivity contribution is 0.350. The van der Waals surface area contributed by atoms with Crippen LogP contribution in [0, 0.1) is 0 Å². The number of hydrogen-bond donors (Lipinski definition) is 2. The van der Waals surface area contributed by atoms with Crippen LogP contribution in [0.2, 0.25) is 0 Å². The van der Waals surface area contributed by atoms with Gasteiger partial charge >= 0.3 is 0 Å². The summed E-state index contributed by atoms with van der Waals surface area (Å²) >= 11 is 0. The second-order valence-corrected chi connectivity index (χ2v) is 4.46. The van der Waals surface area contributed by atoms with Crippen molar-refractivity contribution in [1.82, 2.24) is 10.3 Å². The second kappa shape index (κ2) is 4.71. The smallest absolute Gasteiger partial charge is 0.105 e. The molecule has 2 N–H and O–H groups in total. The molecule has 0 spiro atoms. The van der Waals surface area contributed by atoms with Gasteiger partial charge in [-0.05, 0) is 44.9 Å². The normalized spacial score (nSPS) is 26.5. The third-order valence-corrected chi connectivity index (χ3v) is 3.61. The molecule has 1 fully saturated rings. The maximum absolute atomic E-state index is 3.37. The van der Waals surface area contributed by atoms with Crippen LogP contribution in [0.1, 0.15) is 25.7 Å². The first-order valence-electron chi connectivity index (χ1n) is 5.84. The van der Waals surface area contributed by atoms with Crippen LogP contribution < -0.4 is 10.2 Å². The van der Waals surface area contributed by atoms with E-state index < -0.39 is 0 Å². The lowest BCUT2D eigenvalue weighted by Gasteiger charge is -2.35. The van der Waals surface area contributed by atoms with Gasteiger partial charge in [-0.3, -0.25) is 0 Å². The van der Waals surface area contributed by atoms with Gasteiger partial charge in [-0.15, -0.1) is 0 Å². The molecule has 84 valence electrons. The highest BCUT2D eigenvalue weighted by atomic mass is 15.2. The summed E-state index contributed by atoms with van der Waals surface area (Å²) in [4.78, 5) is 5.65. The Labute approximate surface area is 91.9 Å². The molecule has 15 heavy (non-hydrogen) atoms. The monoisotopic (exact) mass is 207 g/mol. The number of rotatable bonds is 3. The zero-order chi connectivity index (χ0) is 10.7. The van der Waals surface area contributed by atoms with Crippen LogP contribution in [-0.2, 0) is 0 Å². The zero-order valence-corrected chi connectivity index (χ0v) is 9.66. The van der Waals surface area contributed by atoms with E-state index in [4.69, 9.17) is 0 Å². The van der Waals surface area contributed by atoms with Crippen molar-refractivity contribution < 1.29 is 0 Å². The van der Waals surface area contributed by atoms with Gasteiger partial charge in [0.1, 0.15) is 5.82 Å². The van der Waals surface area contributed by atoms with Crippen LogP contribution in [0.25, 0.3) is 0 Å². The van der Waals surface area contributed by atoms with Crippen molar-refractivity contribution >= 4 is 5.82 Å². The first-order valence-corrected chi connectivity index (χ1v) is 5.84. The molecule has 1 aliphatic rings. The molecule has 1 heterocycles. The van der Waals surface area contributed by atoms with E-state index in [1.807, 2.05) is 6.20 Å². The topological polar surface area (TPSA) is 31.1 Å². The maximum Gasteiger partial charge on any atom is 0.105 e. The molecular weight excluding hydrogens is 186 g/mol. The minimum absolute atomic E-state index is 0.702. The van der Waals surface area contributed by atoms with Gasteiger partial charge in [0, 0.05) is 25.3 Å². The summed E-state index contributed by atoms with van der Waals surface area (Å²) in [5.41, 5.74) is 0. The Hall–Kier alpha value is -0.960. The molecule has 1 aliphatic carbocycles. The van der Waals surface area contributed by atoms with Gasteiger partial charge in [0.25, 0.3) is 0 Å². The van der Waals surface area contributed by atoms with Crippen molar-refractivity contribution in [2.24, 2.45) is 0 Å². The van der Waals surface area contributed by atoms with E-state index in [1.54, 1.807) is 0 Å². The summed E-state index contributed by atoms with van der Waals surface area (Å²) in [6.45, 7) is 0. The number of aromatic nitrogens is 1. The number of nitrogens with zero attached hydrogens (tertiary/aromatic N) is 1. The Balaban J connectivity index is 1.90. The SMILES string of the molecule is CNC1CCC(N(C)c2ccc[nH]2)CC1. The molecule has 1 saturated carbocycles. The summed E-state index contributed by atoms with van der Waals surface area (Å²) in [6.07, 6.45) is 7.17. The van der Waals surface area contributed by atoms with Crippen LogP contribution in [0.3, 0.4) is 0 Å². The molecule has 0 aliphatic heterocycles. The molecule has 0 saturated heterocycles. The van der Waals surface area contributed by atoms with Gasteiger partial charge in [0.05, 0.1) is 0 Å². The van der Waals surface area contributed by atoms with Crippen molar-refractivity contribution in [3.63, 3.8) is 0 Å². The van der Waals surface area contributed by atoms with Crippen LogP contribution in [0.15, 0.2) is 18.3 Å². The molecule has 0 unspecified atom stereocenters. The third kappa shape index (κ3) is 2.34. The summed E-state index contributed by atoms with van der Waals surface area (Å²) in [6, 6.07) is 5.64. The third-order valence-electron chi connectivity index (χ3n) is 3.61. The Morgan fingerprint density at radius 3 is 2.60 bits per heavy atom. The summed E-state index contributed by atoms with van der Waals surface area (Å²) in [5.74, 6) is 1.24. The van der Waals surface area contributed by atoms with E-state index >= 15 is 0 Å². The van der Waals surface area contributed by atoms with Crippen molar-refractivity contribution in [3.05, 3.63) is 18.3 Å². The summed E-state index contributed by atoms with van der Waals surface area (Å²) in [5, 5.41) is 3.37. The van der Waals surface area contributed by atoms with E-state index in [1.165, 1.54) is 31.5 Å². The quantitative estimate of drug-likeness (QED) is 0.794. The number of hydrogen-bond acceptors (Lipinski definition) is 2. The summed E-state index contributed by atoms with van der Waals surface area (Å²) < 4.78 is 0. The summed E-state index contributed by atoms with van der Waals surface area (Å²) in [7, 11) is 4.26. The second-order valence-electron chi connectivity index (χ2n) is 4.46. The molecule has 0 bridgehead atoms. The fourth-order valence-corrected chi connectivity index (χ4v) is 2.49. The molecule has 3 heteroatoms. The van der Waals surface area contributed by atoms with E-state index in [-0.39, 0.29) is 0 Å². The number of H-pyrrole nitrogens is 1. The molecule has 2 rings (SSSR count). The molecule has 1 aromatic heterocycles. The Morgan fingerprint density at radius 2 is 2.07 bits per heavy atom. The molecule has 1 aromatic rings. The van der Waals surface area contributed by atoms with Crippen molar-refractivity contribution in [2.45, 2.75) is 37.8 Å².